The summed E-state index contributed by atoms with van der Waals surface area (Å²) in [5.41, 5.74) is 1.40. The number of rotatable bonds is 6. The van der Waals surface area contributed by atoms with Gasteiger partial charge in [0.2, 0.25) is 5.88 Å². The summed E-state index contributed by atoms with van der Waals surface area (Å²) >= 11 is 7.70. The predicted molar refractivity (Wildman–Crippen MR) is 126 cm³/mol. The summed E-state index contributed by atoms with van der Waals surface area (Å²) in [6.45, 7) is 4.53. The van der Waals surface area contributed by atoms with Crippen LogP contribution >= 0.6 is 22.9 Å². The molecule has 1 fully saturated rings. The van der Waals surface area contributed by atoms with E-state index in [4.69, 9.17) is 26.1 Å². The lowest BCUT2D eigenvalue weighted by molar-refractivity contribution is 0.0626. The fourth-order valence-corrected chi connectivity index (χ4v) is 5.37. The number of thiazole rings is 1. The molecule has 0 aliphatic carbocycles. The fourth-order valence-electron chi connectivity index (χ4n) is 4.32. The molecule has 0 aromatic carbocycles. The largest absolute Gasteiger partial charge is 0.480 e. The Morgan fingerprint density at radius 1 is 1.41 bits per heavy atom. The summed E-state index contributed by atoms with van der Waals surface area (Å²) < 4.78 is 10.5. The average molecular weight is 479 g/mol. The van der Waals surface area contributed by atoms with Crippen molar-refractivity contribution in [3.05, 3.63) is 28.0 Å². The Balaban J connectivity index is 1.52. The standard InChI is InChI=1S/C21H27ClN6O3S/c1-12-25-17-18(28-6-4-5-13(10-28)11-30-2)16(9-24-20(17)32-12)27-21(29)26-14-7-15(22)19(31-3)23-8-14/h7-9,13,16,18H,4-6,10-11H2,1-3H3,(H2,26,27,29). The van der Waals surface area contributed by atoms with Gasteiger partial charge in [-0.2, -0.15) is 0 Å². The Hall–Kier alpha value is -2.27. The maximum Gasteiger partial charge on any atom is 0.319 e. The number of nitrogens with one attached hydrogen (secondary N) is 2. The topological polar surface area (TPSA) is 101 Å². The number of hydrogen-bond acceptors (Lipinski definition) is 8. The van der Waals surface area contributed by atoms with E-state index in [1.165, 1.54) is 13.3 Å². The average Bonchev–Trinajstić information content (AvgIpc) is 3.14. The molecule has 2 aromatic rings. The van der Waals surface area contributed by atoms with Crippen molar-refractivity contribution in [3.63, 3.8) is 0 Å². The van der Waals surface area contributed by atoms with E-state index in [-0.39, 0.29) is 18.1 Å². The lowest BCUT2D eigenvalue weighted by Gasteiger charge is -2.41. The molecule has 2 aromatic heterocycles. The number of amides is 2. The molecule has 4 rings (SSSR count). The lowest BCUT2D eigenvalue weighted by atomic mass is 9.93. The quantitative estimate of drug-likeness (QED) is 0.654. The minimum Gasteiger partial charge on any atom is -0.480 e. The summed E-state index contributed by atoms with van der Waals surface area (Å²) in [5.74, 6) is 0.761. The number of pyridine rings is 1. The Labute approximate surface area is 196 Å². The van der Waals surface area contributed by atoms with Gasteiger partial charge in [-0.1, -0.05) is 22.9 Å². The number of aliphatic imine (C=N–C) groups is 1. The van der Waals surface area contributed by atoms with Crippen LogP contribution in [0.3, 0.4) is 0 Å². The molecule has 172 valence electrons. The Kier molecular flexibility index (Phi) is 7.24. The van der Waals surface area contributed by atoms with E-state index in [1.54, 1.807) is 24.5 Å². The van der Waals surface area contributed by atoms with Crippen LogP contribution in [-0.4, -0.2) is 67.1 Å². The number of likely N-dealkylation sites (tertiary alicyclic amines) is 1. The first-order valence-electron chi connectivity index (χ1n) is 10.5. The summed E-state index contributed by atoms with van der Waals surface area (Å²) in [5, 5.41) is 8.04. The highest BCUT2D eigenvalue weighted by Gasteiger charge is 2.38. The molecule has 3 unspecified atom stereocenters. The molecule has 1 saturated heterocycles. The van der Waals surface area contributed by atoms with Gasteiger partial charge in [-0.15, -0.1) is 0 Å². The number of nitrogens with zero attached hydrogens (tertiary/aromatic N) is 4. The molecule has 2 N–H and O–H groups in total. The van der Waals surface area contributed by atoms with E-state index in [9.17, 15) is 4.79 Å². The fraction of sp³-hybridized carbons (Fsp3) is 0.524. The van der Waals surface area contributed by atoms with Crippen molar-refractivity contribution in [2.45, 2.75) is 31.8 Å². The minimum atomic E-state index is -0.365. The first-order chi connectivity index (χ1) is 15.5. The van der Waals surface area contributed by atoms with Gasteiger partial charge in [0, 0.05) is 19.9 Å². The van der Waals surface area contributed by atoms with Gasteiger partial charge < -0.3 is 20.1 Å². The van der Waals surface area contributed by atoms with E-state index < -0.39 is 0 Å². The first-order valence-corrected chi connectivity index (χ1v) is 11.7. The number of methoxy groups -OCH3 is 2. The molecule has 2 amide bonds. The van der Waals surface area contributed by atoms with Crippen LogP contribution in [0.5, 0.6) is 5.88 Å². The van der Waals surface area contributed by atoms with Crippen molar-refractivity contribution in [2.24, 2.45) is 10.9 Å². The summed E-state index contributed by atoms with van der Waals surface area (Å²) in [6, 6.07) is 0.819. The molecule has 2 aliphatic rings. The molecule has 11 heteroatoms. The zero-order valence-electron chi connectivity index (χ0n) is 18.3. The third-order valence-electron chi connectivity index (χ3n) is 5.62. The maximum absolute atomic E-state index is 12.8. The molecule has 32 heavy (non-hydrogen) atoms. The first kappa shape index (κ1) is 22.9. The van der Waals surface area contributed by atoms with E-state index in [2.05, 4.69) is 25.5 Å². The molecule has 9 nitrogen and oxygen atoms in total. The molecule has 2 aliphatic heterocycles. The van der Waals surface area contributed by atoms with Crippen molar-refractivity contribution in [2.75, 3.05) is 39.2 Å². The molecule has 0 bridgehead atoms. The molecular weight excluding hydrogens is 452 g/mol. The number of anilines is 1. The number of fused-ring (bicyclic) bond motifs is 1. The molecule has 0 spiro atoms. The van der Waals surface area contributed by atoms with E-state index in [1.807, 2.05) is 13.1 Å². The number of aryl methyl sites for hydroxylation is 1. The van der Waals surface area contributed by atoms with Gasteiger partial charge in [-0.05, 0) is 38.3 Å². The number of piperidine rings is 1. The van der Waals surface area contributed by atoms with E-state index in [0.29, 0.717) is 22.5 Å². The Bertz CT molecular complexity index is 998. The zero-order chi connectivity index (χ0) is 22.7. The molecule has 0 radical (unpaired) electrons. The van der Waals surface area contributed by atoms with Crippen LogP contribution < -0.4 is 15.4 Å². The molecule has 0 saturated carbocycles. The van der Waals surface area contributed by atoms with Gasteiger partial charge in [0.25, 0.3) is 0 Å². The second-order valence-electron chi connectivity index (χ2n) is 7.94. The van der Waals surface area contributed by atoms with E-state index >= 15 is 0 Å². The zero-order valence-corrected chi connectivity index (χ0v) is 19.9. The van der Waals surface area contributed by atoms with Gasteiger partial charge in [-0.3, -0.25) is 4.90 Å². The number of hydrogen-bond donors (Lipinski definition) is 2. The summed E-state index contributed by atoms with van der Waals surface area (Å²) in [7, 11) is 3.23. The normalized spacial score (nSPS) is 22.9. The van der Waals surface area contributed by atoms with Crippen molar-refractivity contribution < 1.29 is 14.3 Å². The number of carbonyl (C=O) groups excluding carboxylic acids is 1. The number of halogens is 1. The number of ether oxygens (including phenoxy) is 2. The van der Waals surface area contributed by atoms with Gasteiger partial charge in [0.05, 0.1) is 48.4 Å². The van der Waals surface area contributed by atoms with Crippen LogP contribution in [0.25, 0.3) is 0 Å². The van der Waals surface area contributed by atoms with Crippen molar-refractivity contribution in [3.8, 4) is 5.88 Å². The van der Waals surface area contributed by atoms with Crippen LogP contribution in [0.1, 0.15) is 29.6 Å². The Morgan fingerprint density at radius 3 is 3.00 bits per heavy atom. The predicted octanol–water partition coefficient (Wildman–Crippen LogP) is 3.81. The second kappa shape index (κ2) is 10.1. The van der Waals surface area contributed by atoms with Gasteiger partial charge >= 0.3 is 6.03 Å². The van der Waals surface area contributed by atoms with Gasteiger partial charge in [0.15, 0.2) is 0 Å². The van der Waals surface area contributed by atoms with Crippen LogP contribution in [0.4, 0.5) is 15.5 Å². The van der Waals surface area contributed by atoms with Crippen LogP contribution in [0.2, 0.25) is 5.02 Å². The lowest BCUT2D eigenvalue weighted by Crippen LogP contribution is -2.52. The summed E-state index contributed by atoms with van der Waals surface area (Å²) in [6.07, 6.45) is 5.52. The monoisotopic (exact) mass is 478 g/mol. The highest BCUT2D eigenvalue weighted by molar-refractivity contribution is 7.15. The second-order valence-corrected chi connectivity index (χ2v) is 9.53. The third-order valence-corrected chi connectivity index (χ3v) is 6.78. The molecular formula is C21H27ClN6O3S. The number of carbonyl (C=O) groups is 1. The van der Waals surface area contributed by atoms with Gasteiger partial charge in [-0.25, -0.2) is 19.8 Å². The van der Waals surface area contributed by atoms with Crippen LogP contribution in [0.15, 0.2) is 17.3 Å². The molecule has 3 atom stereocenters. The smallest absolute Gasteiger partial charge is 0.319 e. The highest BCUT2D eigenvalue weighted by atomic mass is 35.5. The SMILES string of the molecule is COCC1CCCN(C2c3nc(C)sc3N=CC2NC(=O)Nc2cnc(OC)c(Cl)c2)C1. The van der Waals surface area contributed by atoms with Crippen LogP contribution in [0, 0.1) is 12.8 Å². The third kappa shape index (κ3) is 5.03. The number of urea groups is 1. The van der Waals surface area contributed by atoms with E-state index in [0.717, 1.165) is 48.2 Å². The van der Waals surface area contributed by atoms with Crippen molar-refractivity contribution >= 4 is 45.9 Å². The maximum atomic E-state index is 12.8. The minimum absolute atomic E-state index is 0.0876. The molecule has 4 heterocycles. The van der Waals surface area contributed by atoms with Crippen molar-refractivity contribution in [1.82, 2.24) is 20.2 Å². The van der Waals surface area contributed by atoms with Gasteiger partial charge in [0.1, 0.15) is 10.0 Å². The van der Waals surface area contributed by atoms with Crippen molar-refractivity contribution in [1.29, 1.82) is 0 Å². The summed E-state index contributed by atoms with van der Waals surface area (Å²) in [4.78, 5) is 28.7. The van der Waals surface area contributed by atoms with Crippen LogP contribution in [-0.2, 0) is 4.74 Å². The Morgan fingerprint density at radius 2 is 2.25 bits per heavy atom. The number of aromatic nitrogens is 2. The highest BCUT2D eigenvalue weighted by Crippen LogP contribution is 2.40.